The summed E-state index contributed by atoms with van der Waals surface area (Å²) in [6.07, 6.45) is 40.3. The van der Waals surface area contributed by atoms with Crippen molar-refractivity contribution in [3.8, 4) is 0 Å². The van der Waals surface area contributed by atoms with Crippen LogP contribution in [0.2, 0.25) is 0 Å². The number of unbranched alkanes of at least 4 members (excludes halogenated alkanes) is 43. The van der Waals surface area contributed by atoms with E-state index in [2.05, 4.69) is 31.3 Å². The summed E-state index contributed by atoms with van der Waals surface area (Å²) < 4.78 is 34.4. The number of nitrogens with one attached hydrogen (secondary N) is 1. The first-order valence-corrected chi connectivity index (χ1v) is 38.6. The first-order valence-electron chi connectivity index (χ1n) is 38.6. The Morgan fingerprint density at radius 2 is 0.681 bits per heavy atom. The van der Waals surface area contributed by atoms with E-state index < -0.39 is 124 Å². The Bertz CT molecular complexity index is 1800. The summed E-state index contributed by atoms with van der Waals surface area (Å²) in [5.74, 6) is -0.279. The predicted molar refractivity (Wildman–Crippen MR) is 370 cm³/mol. The largest absolute Gasteiger partial charge is 0.394 e. The van der Waals surface area contributed by atoms with Crippen LogP contribution in [0.5, 0.6) is 0 Å². The first-order chi connectivity index (χ1) is 45.8. The van der Waals surface area contributed by atoms with Crippen molar-refractivity contribution < 1.29 is 89.4 Å². The average molecular weight is 1340 g/mol. The standard InChI is InChI=1S/C75H141NO18/c1-3-5-7-9-11-13-15-17-19-21-23-25-26-27-28-29-30-31-32-33-34-36-38-40-42-44-46-48-50-52-59(80)58(76-63(81)53-51-49-47-45-43-41-39-37-35-24-22-20-18-16-14-12-10-8-6-4-2)57-89-73-69(87)66(84)71(61(55-78)91-73)94-75-70(88)67(85)72(62(56-79)92-75)93-74-68(86)65(83)64(82)60(54-77)90-74/h42,44,50,52,58-62,64-75,77-80,82-88H,3-41,43,45-49,51,53-57H2,1-2H3,(H,76,81)/b44-42+,52-50+. The van der Waals surface area contributed by atoms with Gasteiger partial charge in [0.2, 0.25) is 5.91 Å². The van der Waals surface area contributed by atoms with Gasteiger partial charge in [0, 0.05) is 6.42 Å². The number of carbonyl (C=O) groups is 1. The summed E-state index contributed by atoms with van der Waals surface area (Å²) in [5.41, 5.74) is 0. The summed E-state index contributed by atoms with van der Waals surface area (Å²) in [6.45, 7) is 1.77. The van der Waals surface area contributed by atoms with E-state index in [4.69, 9.17) is 28.4 Å². The van der Waals surface area contributed by atoms with Crippen LogP contribution < -0.4 is 5.32 Å². The molecule has 0 bridgehead atoms. The SMILES string of the molecule is CCCCCCCCCCCCCCCCCCCCCCCCC/C=C/CC/C=C/C(O)C(COC1OC(CO)C(OC2OC(CO)C(OC3OC(CO)C(O)C(O)C3O)C(O)C2O)C(O)C1O)NC(=O)CCCCCCCCCCCCCCCCCCCCCC. The third-order valence-electron chi connectivity index (χ3n) is 19.5. The second-order valence-corrected chi connectivity index (χ2v) is 27.8. The molecular formula is C75H141NO18. The molecule has 12 N–H and O–H groups in total. The summed E-state index contributed by atoms with van der Waals surface area (Å²) in [7, 11) is 0. The van der Waals surface area contributed by atoms with E-state index in [9.17, 15) is 61.0 Å². The lowest BCUT2D eigenvalue weighted by Gasteiger charge is -2.48. The van der Waals surface area contributed by atoms with Crippen LogP contribution in [-0.4, -0.2) is 193 Å². The summed E-state index contributed by atoms with van der Waals surface area (Å²) in [5, 5.41) is 121. The first kappa shape index (κ1) is 86.5. The number of allylic oxidation sites excluding steroid dienone is 3. The molecule has 3 rings (SSSR count). The lowest BCUT2D eigenvalue weighted by atomic mass is 9.96. The van der Waals surface area contributed by atoms with Crippen molar-refractivity contribution in [3.05, 3.63) is 24.3 Å². The van der Waals surface area contributed by atoms with Gasteiger partial charge in [-0.3, -0.25) is 4.79 Å². The van der Waals surface area contributed by atoms with Crippen LogP contribution in [0.25, 0.3) is 0 Å². The van der Waals surface area contributed by atoms with Crippen LogP contribution in [0.3, 0.4) is 0 Å². The Hall–Kier alpha value is -1.73. The Balaban J connectivity index is 1.40. The zero-order valence-electron chi connectivity index (χ0n) is 59.0. The molecule has 17 unspecified atom stereocenters. The number of amides is 1. The highest BCUT2D eigenvalue weighted by atomic mass is 16.8. The monoisotopic (exact) mass is 1340 g/mol. The van der Waals surface area contributed by atoms with Gasteiger partial charge in [-0.25, -0.2) is 0 Å². The fourth-order valence-corrected chi connectivity index (χ4v) is 13.3. The number of hydrogen-bond donors (Lipinski definition) is 12. The minimum atomic E-state index is -1.98. The van der Waals surface area contributed by atoms with E-state index in [1.165, 1.54) is 244 Å². The van der Waals surface area contributed by atoms with Gasteiger partial charge in [-0.15, -0.1) is 0 Å². The number of carbonyl (C=O) groups excluding carboxylic acids is 1. The zero-order chi connectivity index (χ0) is 68.2. The molecule has 3 heterocycles. The molecule has 3 aliphatic heterocycles. The molecule has 0 aromatic rings. The highest BCUT2D eigenvalue weighted by molar-refractivity contribution is 5.76. The van der Waals surface area contributed by atoms with Gasteiger partial charge < -0.3 is 89.9 Å². The number of aliphatic hydroxyl groups is 11. The Morgan fingerprint density at radius 3 is 1.06 bits per heavy atom. The molecule has 17 atom stereocenters. The molecule has 1 amide bonds. The minimum Gasteiger partial charge on any atom is -0.394 e. The van der Waals surface area contributed by atoms with E-state index in [0.29, 0.717) is 12.8 Å². The molecule has 94 heavy (non-hydrogen) atoms. The molecule has 0 aromatic heterocycles. The van der Waals surface area contributed by atoms with Crippen LogP contribution in [0.4, 0.5) is 0 Å². The molecule has 19 nitrogen and oxygen atoms in total. The van der Waals surface area contributed by atoms with Crippen molar-refractivity contribution in [1.82, 2.24) is 5.32 Å². The van der Waals surface area contributed by atoms with Crippen molar-refractivity contribution in [2.45, 2.75) is 420 Å². The topological polar surface area (TPSA) is 307 Å². The van der Waals surface area contributed by atoms with Crippen molar-refractivity contribution in [1.29, 1.82) is 0 Å². The molecule has 3 aliphatic rings. The minimum absolute atomic E-state index is 0.241. The van der Waals surface area contributed by atoms with E-state index in [0.717, 1.165) is 38.5 Å². The highest BCUT2D eigenvalue weighted by Gasteiger charge is 2.53. The third kappa shape index (κ3) is 37.6. The van der Waals surface area contributed by atoms with E-state index in [-0.39, 0.29) is 18.9 Å². The van der Waals surface area contributed by atoms with Crippen molar-refractivity contribution in [2.24, 2.45) is 0 Å². The van der Waals surface area contributed by atoms with Crippen molar-refractivity contribution >= 4 is 5.91 Å². The van der Waals surface area contributed by atoms with Gasteiger partial charge in [0.05, 0.1) is 38.6 Å². The normalized spacial score (nSPS) is 27.4. The summed E-state index contributed by atoms with van der Waals surface area (Å²) >= 11 is 0. The van der Waals surface area contributed by atoms with Crippen molar-refractivity contribution in [2.75, 3.05) is 26.4 Å². The second-order valence-electron chi connectivity index (χ2n) is 27.8. The lowest BCUT2D eigenvalue weighted by Crippen LogP contribution is -2.66. The van der Waals surface area contributed by atoms with Crippen LogP contribution in [0.1, 0.15) is 316 Å². The van der Waals surface area contributed by atoms with Crippen molar-refractivity contribution in [3.63, 3.8) is 0 Å². The Kier molecular flexibility index (Phi) is 52.4. The molecule has 0 saturated carbocycles. The number of aliphatic hydroxyl groups excluding tert-OH is 11. The summed E-state index contributed by atoms with van der Waals surface area (Å²) in [4.78, 5) is 13.4. The zero-order valence-corrected chi connectivity index (χ0v) is 59.0. The maximum absolute atomic E-state index is 13.4. The highest BCUT2D eigenvalue weighted by Crippen LogP contribution is 2.33. The molecule has 0 aromatic carbocycles. The lowest BCUT2D eigenvalue weighted by molar-refractivity contribution is -0.379. The number of hydrogen-bond acceptors (Lipinski definition) is 18. The van der Waals surface area contributed by atoms with E-state index in [1.807, 2.05) is 6.08 Å². The van der Waals surface area contributed by atoms with E-state index >= 15 is 0 Å². The third-order valence-corrected chi connectivity index (χ3v) is 19.5. The van der Waals surface area contributed by atoms with Gasteiger partial charge in [0.15, 0.2) is 18.9 Å². The van der Waals surface area contributed by atoms with Gasteiger partial charge in [-0.05, 0) is 32.1 Å². The van der Waals surface area contributed by atoms with Gasteiger partial charge in [0.1, 0.15) is 73.2 Å². The average Bonchev–Trinajstić information content (AvgIpc) is 0.787. The molecular weight excluding hydrogens is 1200 g/mol. The van der Waals surface area contributed by atoms with Gasteiger partial charge >= 0.3 is 0 Å². The van der Waals surface area contributed by atoms with E-state index in [1.54, 1.807) is 6.08 Å². The molecule has 3 fully saturated rings. The Labute approximate surface area is 568 Å². The van der Waals surface area contributed by atoms with Gasteiger partial charge in [-0.1, -0.05) is 301 Å². The van der Waals surface area contributed by atoms with Crippen LogP contribution in [0.15, 0.2) is 24.3 Å². The number of rotatable bonds is 61. The smallest absolute Gasteiger partial charge is 0.220 e. The van der Waals surface area contributed by atoms with Gasteiger partial charge in [-0.2, -0.15) is 0 Å². The molecule has 0 radical (unpaired) electrons. The van der Waals surface area contributed by atoms with Crippen LogP contribution in [-0.2, 0) is 33.2 Å². The van der Waals surface area contributed by atoms with Gasteiger partial charge in [0.25, 0.3) is 0 Å². The molecule has 0 aliphatic carbocycles. The molecule has 0 spiro atoms. The molecule has 19 heteroatoms. The quantitative estimate of drug-likeness (QED) is 0.0199. The Morgan fingerprint density at radius 1 is 0.372 bits per heavy atom. The molecule has 554 valence electrons. The van der Waals surface area contributed by atoms with Crippen LogP contribution >= 0.6 is 0 Å². The summed E-state index contributed by atoms with van der Waals surface area (Å²) in [6, 6.07) is -0.987. The second kappa shape index (κ2) is 57.0. The maximum atomic E-state index is 13.4. The molecule has 3 saturated heterocycles. The number of ether oxygens (including phenoxy) is 6. The fraction of sp³-hybridized carbons (Fsp3) is 0.933. The van der Waals surface area contributed by atoms with Crippen LogP contribution in [0, 0.1) is 0 Å². The fourth-order valence-electron chi connectivity index (χ4n) is 13.3. The maximum Gasteiger partial charge on any atom is 0.220 e. The predicted octanol–water partition coefficient (Wildman–Crippen LogP) is 11.8.